The van der Waals surface area contributed by atoms with Gasteiger partial charge in [-0.05, 0) is 44.9 Å². The SMILES string of the molecule is CCNC(=NCc1ccc(OC(C)C)cc1)NC1CCN(CC(F)(F)F)C1.I. The highest BCUT2D eigenvalue weighted by atomic mass is 127. The molecule has 1 heterocycles. The Balaban J connectivity index is 0.00000392. The summed E-state index contributed by atoms with van der Waals surface area (Å²) < 4.78 is 43.2. The van der Waals surface area contributed by atoms with E-state index in [1.54, 1.807) is 0 Å². The van der Waals surface area contributed by atoms with Crippen LogP contribution in [-0.2, 0) is 6.54 Å². The minimum atomic E-state index is -4.15. The van der Waals surface area contributed by atoms with Crippen LogP contribution in [0, 0.1) is 0 Å². The molecule has 2 N–H and O–H groups in total. The molecular weight excluding hydrogens is 484 g/mol. The summed E-state index contributed by atoms with van der Waals surface area (Å²) in [4.78, 5) is 5.98. The predicted octanol–water partition coefficient (Wildman–Crippen LogP) is 3.78. The minimum Gasteiger partial charge on any atom is -0.491 e. The monoisotopic (exact) mass is 514 g/mol. The second-order valence-electron chi connectivity index (χ2n) is 6.99. The summed E-state index contributed by atoms with van der Waals surface area (Å²) in [5.41, 5.74) is 1.04. The van der Waals surface area contributed by atoms with Crippen molar-refractivity contribution >= 4 is 29.9 Å². The van der Waals surface area contributed by atoms with E-state index in [0.717, 1.165) is 11.3 Å². The summed E-state index contributed by atoms with van der Waals surface area (Å²) in [6.07, 6.45) is -3.36. The molecule has 9 heteroatoms. The molecule has 160 valence electrons. The van der Waals surface area contributed by atoms with Gasteiger partial charge in [0.05, 0.1) is 19.2 Å². The molecule has 1 aromatic rings. The van der Waals surface area contributed by atoms with Crippen LogP contribution in [0.1, 0.15) is 32.8 Å². The highest BCUT2D eigenvalue weighted by molar-refractivity contribution is 14.0. The van der Waals surface area contributed by atoms with Crippen molar-refractivity contribution in [2.24, 2.45) is 4.99 Å². The zero-order valence-electron chi connectivity index (χ0n) is 16.6. The van der Waals surface area contributed by atoms with Crippen LogP contribution in [-0.4, -0.2) is 55.4 Å². The molecule has 1 aromatic carbocycles. The predicted molar refractivity (Wildman–Crippen MR) is 116 cm³/mol. The van der Waals surface area contributed by atoms with Crippen LogP contribution < -0.4 is 15.4 Å². The summed E-state index contributed by atoms with van der Waals surface area (Å²) >= 11 is 0. The molecule has 1 aliphatic rings. The molecule has 1 atom stereocenters. The lowest BCUT2D eigenvalue weighted by Gasteiger charge is -2.19. The summed E-state index contributed by atoms with van der Waals surface area (Å²) in [6, 6.07) is 7.72. The molecule has 1 unspecified atom stereocenters. The first kappa shape index (κ1) is 24.8. The van der Waals surface area contributed by atoms with Gasteiger partial charge in [0, 0.05) is 25.7 Å². The average molecular weight is 514 g/mol. The van der Waals surface area contributed by atoms with Crippen molar-refractivity contribution in [1.29, 1.82) is 0 Å². The van der Waals surface area contributed by atoms with Gasteiger partial charge in [0.15, 0.2) is 5.96 Å². The Kier molecular flexibility index (Phi) is 10.4. The Labute approximate surface area is 182 Å². The number of nitrogens with zero attached hydrogens (tertiary/aromatic N) is 2. The van der Waals surface area contributed by atoms with Crippen molar-refractivity contribution in [3.63, 3.8) is 0 Å². The smallest absolute Gasteiger partial charge is 0.401 e. The number of rotatable bonds is 7. The highest BCUT2D eigenvalue weighted by Crippen LogP contribution is 2.20. The second kappa shape index (κ2) is 11.7. The molecule has 28 heavy (non-hydrogen) atoms. The Bertz CT molecular complexity index is 608. The number of hydrogen-bond donors (Lipinski definition) is 2. The summed E-state index contributed by atoms with van der Waals surface area (Å²) in [6.45, 7) is 7.03. The summed E-state index contributed by atoms with van der Waals surface area (Å²) in [5, 5.41) is 6.40. The minimum absolute atomic E-state index is 0. The lowest BCUT2D eigenvalue weighted by molar-refractivity contribution is -0.143. The zero-order valence-corrected chi connectivity index (χ0v) is 18.9. The van der Waals surface area contributed by atoms with Gasteiger partial charge in [0.1, 0.15) is 5.75 Å². The lowest BCUT2D eigenvalue weighted by atomic mass is 10.2. The van der Waals surface area contributed by atoms with Crippen LogP contribution in [0.3, 0.4) is 0 Å². The van der Waals surface area contributed by atoms with Crippen LogP contribution >= 0.6 is 24.0 Å². The number of ether oxygens (including phenoxy) is 1. The fourth-order valence-corrected chi connectivity index (χ4v) is 2.98. The first-order valence-corrected chi connectivity index (χ1v) is 9.34. The van der Waals surface area contributed by atoms with E-state index in [9.17, 15) is 13.2 Å². The van der Waals surface area contributed by atoms with E-state index >= 15 is 0 Å². The van der Waals surface area contributed by atoms with Gasteiger partial charge in [-0.3, -0.25) is 4.90 Å². The van der Waals surface area contributed by atoms with Gasteiger partial charge < -0.3 is 15.4 Å². The van der Waals surface area contributed by atoms with Crippen molar-refractivity contribution in [1.82, 2.24) is 15.5 Å². The molecule has 0 bridgehead atoms. The molecule has 1 saturated heterocycles. The third-order valence-corrected chi connectivity index (χ3v) is 4.08. The Morgan fingerprint density at radius 3 is 2.54 bits per heavy atom. The average Bonchev–Trinajstić information content (AvgIpc) is 2.98. The van der Waals surface area contributed by atoms with E-state index < -0.39 is 12.7 Å². The summed E-state index contributed by atoms with van der Waals surface area (Å²) in [5.74, 6) is 1.44. The van der Waals surface area contributed by atoms with E-state index in [0.29, 0.717) is 38.6 Å². The molecular formula is C19H30F3IN4O. The fraction of sp³-hybridized carbons (Fsp3) is 0.632. The molecule has 0 amide bonds. The van der Waals surface area contributed by atoms with Gasteiger partial charge in [0.2, 0.25) is 0 Å². The number of benzene rings is 1. The van der Waals surface area contributed by atoms with Crippen LogP contribution in [0.25, 0.3) is 0 Å². The Morgan fingerprint density at radius 1 is 1.29 bits per heavy atom. The van der Waals surface area contributed by atoms with E-state index in [4.69, 9.17) is 4.74 Å². The third kappa shape index (κ3) is 9.31. The van der Waals surface area contributed by atoms with E-state index in [1.807, 2.05) is 45.0 Å². The summed E-state index contributed by atoms with van der Waals surface area (Å²) in [7, 11) is 0. The molecule has 1 aliphatic heterocycles. The third-order valence-electron chi connectivity index (χ3n) is 4.08. The van der Waals surface area contributed by atoms with Crippen molar-refractivity contribution in [2.45, 2.75) is 52.1 Å². The lowest BCUT2D eigenvalue weighted by Crippen LogP contribution is -2.45. The molecule has 2 rings (SSSR count). The van der Waals surface area contributed by atoms with Crippen molar-refractivity contribution < 1.29 is 17.9 Å². The standard InChI is InChI=1S/C19H29F3N4O.HI/c1-4-23-18(25-16-9-10-26(12-16)13-19(20,21)22)24-11-15-5-7-17(8-6-15)27-14(2)3;/h5-8,14,16H,4,9-13H2,1-3H3,(H2,23,24,25);1H. The van der Waals surface area contributed by atoms with Crippen LogP contribution in [0.4, 0.5) is 13.2 Å². The molecule has 0 saturated carbocycles. The van der Waals surface area contributed by atoms with E-state index in [2.05, 4.69) is 15.6 Å². The van der Waals surface area contributed by atoms with Gasteiger partial charge >= 0.3 is 6.18 Å². The van der Waals surface area contributed by atoms with Gasteiger partial charge in [-0.25, -0.2) is 4.99 Å². The molecule has 5 nitrogen and oxygen atoms in total. The van der Waals surface area contributed by atoms with Gasteiger partial charge in [0.25, 0.3) is 0 Å². The zero-order chi connectivity index (χ0) is 19.9. The first-order valence-electron chi connectivity index (χ1n) is 9.34. The number of guanidine groups is 1. The van der Waals surface area contributed by atoms with E-state index in [1.165, 1.54) is 4.90 Å². The fourth-order valence-electron chi connectivity index (χ4n) is 2.98. The number of likely N-dealkylation sites (tertiary alicyclic amines) is 1. The van der Waals surface area contributed by atoms with E-state index in [-0.39, 0.29) is 36.1 Å². The largest absolute Gasteiger partial charge is 0.491 e. The van der Waals surface area contributed by atoms with Crippen LogP contribution in [0.15, 0.2) is 29.3 Å². The van der Waals surface area contributed by atoms with Gasteiger partial charge in [-0.2, -0.15) is 13.2 Å². The highest BCUT2D eigenvalue weighted by Gasteiger charge is 2.34. The topological polar surface area (TPSA) is 48.9 Å². The molecule has 0 aromatic heterocycles. The Hall–Kier alpha value is -1.23. The number of aliphatic imine (C=N–C) groups is 1. The maximum absolute atomic E-state index is 12.5. The van der Waals surface area contributed by atoms with Gasteiger partial charge in [-0.15, -0.1) is 24.0 Å². The number of alkyl halides is 3. The van der Waals surface area contributed by atoms with Crippen molar-refractivity contribution in [3.8, 4) is 5.75 Å². The quantitative estimate of drug-likeness (QED) is 0.331. The maximum Gasteiger partial charge on any atom is 0.401 e. The Morgan fingerprint density at radius 2 is 1.96 bits per heavy atom. The van der Waals surface area contributed by atoms with Gasteiger partial charge in [-0.1, -0.05) is 12.1 Å². The normalized spacial score (nSPS) is 18.1. The second-order valence-corrected chi connectivity index (χ2v) is 6.99. The number of hydrogen-bond acceptors (Lipinski definition) is 3. The van der Waals surface area contributed by atoms with Crippen LogP contribution in [0.2, 0.25) is 0 Å². The number of halogens is 4. The van der Waals surface area contributed by atoms with Crippen LogP contribution in [0.5, 0.6) is 5.75 Å². The molecule has 0 aliphatic carbocycles. The molecule has 0 radical (unpaired) electrons. The maximum atomic E-state index is 12.5. The molecule has 1 fully saturated rings. The number of nitrogens with one attached hydrogen (secondary N) is 2. The first-order chi connectivity index (χ1) is 12.7. The van der Waals surface area contributed by atoms with Crippen molar-refractivity contribution in [3.05, 3.63) is 29.8 Å². The van der Waals surface area contributed by atoms with Crippen molar-refractivity contribution in [2.75, 3.05) is 26.2 Å². The molecule has 0 spiro atoms.